The Kier molecular flexibility index (Phi) is 6.17. The highest BCUT2D eigenvalue weighted by molar-refractivity contribution is 9.10. The fourth-order valence-electron chi connectivity index (χ4n) is 3.73. The number of fused-ring (bicyclic) bond motifs is 1. The molecule has 1 fully saturated rings. The van der Waals surface area contributed by atoms with E-state index in [0.29, 0.717) is 18.0 Å². The number of nitrogens with zero attached hydrogens (tertiary/aromatic N) is 1. The molecule has 0 radical (unpaired) electrons. The first-order chi connectivity index (χ1) is 14.4. The molecule has 0 aromatic heterocycles. The van der Waals surface area contributed by atoms with Crippen LogP contribution in [0.25, 0.3) is 0 Å². The van der Waals surface area contributed by atoms with Crippen LogP contribution in [0.1, 0.15) is 19.8 Å². The van der Waals surface area contributed by atoms with Crippen molar-refractivity contribution in [2.45, 2.75) is 31.7 Å². The molecule has 1 unspecified atom stereocenters. The van der Waals surface area contributed by atoms with Gasteiger partial charge in [0, 0.05) is 49.6 Å². The Hall–Kier alpha value is -2.29. The zero-order chi connectivity index (χ0) is 21.1. The number of rotatable bonds is 6. The summed E-state index contributed by atoms with van der Waals surface area (Å²) in [6.45, 7) is 3.74. The maximum atomic E-state index is 11.1. The molecule has 2 aliphatic rings. The zero-order valence-electron chi connectivity index (χ0n) is 16.8. The van der Waals surface area contributed by atoms with Gasteiger partial charge in [-0.1, -0.05) is 15.9 Å². The van der Waals surface area contributed by atoms with Gasteiger partial charge in [0.2, 0.25) is 5.91 Å². The van der Waals surface area contributed by atoms with Crippen molar-refractivity contribution < 1.29 is 24.1 Å². The number of halogens is 1. The Morgan fingerprint density at radius 3 is 2.60 bits per heavy atom. The van der Waals surface area contributed by atoms with Crippen molar-refractivity contribution in [2.75, 3.05) is 31.6 Å². The molecule has 4 rings (SSSR count). The van der Waals surface area contributed by atoms with Crippen LogP contribution in [-0.4, -0.2) is 54.0 Å². The smallest absolute Gasteiger partial charge is 0.254 e. The van der Waals surface area contributed by atoms with Crippen molar-refractivity contribution in [3.8, 4) is 17.2 Å². The number of ether oxygens (including phenoxy) is 3. The van der Waals surface area contributed by atoms with Gasteiger partial charge in [-0.05, 0) is 42.5 Å². The summed E-state index contributed by atoms with van der Waals surface area (Å²) in [6.07, 6.45) is 0.863. The molecule has 8 heteroatoms. The summed E-state index contributed by atoms with van der Waals surface area (Å²) in [4.78, 5) is 13.3. The molecule has 160 valence electrons. The van der Waals surface area contributed by atoms with E-state index in [9.17, 15) is 9.90 Å². The fourth-order valence-corrected chi connectivity index (χ4v) is 4.07. The lowest BCUT2D eigenvalue weighted by atomic mass is 10.0. The number of aliphatic hydroxyl groups excluding tert-OH is 1. The van der Waals surface area contributed by atoms with Gasteiger partial charge >= 0.3 is 0 Å². The van der Waals surface area contributed by atoms with E-state index in [-0.39, 0.29) is 12.5 Å². The van der Waals surface area contributed by atoms with Gasteiger partial charge in [-0.2, -0.15) is 0 Å². The predicted molar refractivity (Wildman–Crippen MR) is 116 cm³/mol. The van der Waals surface area contributed by atoms with Gasteiger partial charge in [0.15, 0.2) is 11.5 Å². The molecule has 7 nitrogen and oxygen atoms in total. The zero-order valence-corrected chi connectivity index (χ0v) is 18.4. The standard InChI is InChI=1S/C22H25BrN2O5/c1-15(26)24-17-3-5-19(6-4-17)28-14-18(27)13-25-10-8-22(9-11-25)29-20-7-2-16(23)12-21(20)30-22/h2-7,12,18,27H,8-11,13-14H2,1H3,(H,24,26). The van der Waals surface area contributed by atoms with Gasteiger partial charge in [0.05, 0.1) is 0 Å². The minimum Gasteiger partial charge on any atom is -0.491 e. The second-order valence-electron chi connectivity index (χ2n) is 7.68. The van der Waals surface area contributed by atoms with Crippen LogP contribution in [0, 0.1) is 0 Å². The number of aliphatic hydroxyl groups is 1. The molecule has 2 heterocycles. The van der Waals surface area contributed by atoms with Crippen LogP contribution in [0.3, 0.4) is 0 Å². The Bertz CT molecular complexity index is 897. The molecule has 1 amide bonds. The number of amides is 1. The molecule has 1 saturated heterocycles. The van der Waals surface area contributed by atoms with Gasteiger partial charge in [0.1, 0.15) is 18.5 Å². The highest BCUT2D eigenvalue weighted by Crippen LogP contribution is 2.44. The third-order valence-electron chi connectivity index (χ3n) is 5.20. The number of piperidine rings is 1. The first-order valence-electron chi connectivity index (χ1n) is 9.99. The number of carbonyl (C=O) groups excluding carboxylic acids is 1. The van der Waals surface area contributed by atoms with Crippen molar-refractivity contribution >= 4 is 27.5 Å². The van der Waals surface area contributed by atoms with E-state index in [2.05, 4.69) is 26.1 Å². The fraction of sp³-hybridized carbons (Fsp3) is 0.409. The van der Waals surface area contributed by atoms with Crippen molar-refractivity contribution in [2.24, 2.45) is 0 Å². The van der Waals surface area contributed by atoms with Crippen LogP contribution in [0.5, 0.6) is 17.2 Å². The molecule has 2 aromatic rings. The first-order valence-corrected chi connectivity index (χ1v) is 10.8. The largest absolute Gasteiger partial charge is 0.491 e. The number of benzene rings is 2. The molecular weight excluding hydrogens is 452 g/mol. The van der Waals surface area contributed by atoms with Gasteiger partial charge in [-0.15, -0.1) is 0 Å². The van der Waals surface area contributed by atoms with E-state index < -0.39 is 11.9 Å². The lowest BCUT2D eigenvalue weighted by Gasteiger charge is -2.38. The number of carbonyl (C=O) groups is 1. The molecule has 1 atom stereocenters. The molecule has 30 heavy (non-hydrogen) atoms. The van der Waals surface area contributed by atoms with E-state index in [4.69, 9.17) is 14.2 Å². The van der Waals surface area contributed by atoms with Gasteiger partial charge in [0.25, 0.3) is 5.79 Å². The maximum Gasteiger partial charge on any atom is 0.254 e. The van der Waals surface area contributed by atoms with Crippen molar-refractivity contribution in [3.05, 3.63) is 46.9 Å². The molecule has 0 bridgehead atoms. The minimum absolute atomic E-state index is 0.118. The third kappa shape index (κ3) is 5.06. The van der Waals surface area contributed by atoms with Crippen molar-refractivity contribution in [3.63, 3.8) is 0 Å². The van der Waals surface area contributed by atoms with E-state index in [1.807, 2.05) is 18.2 Å². The summed E-state index contributed by atoms with van der Waals surface area (Å²) < 4.78 is 18.9. The molecule has 0 saturated carbocycles. The van der Waals surface area contributed by atoms with E-state index in [1.165, 1.54) is 6.92 Å². The lowest BCUT2D eigenvalue weighted by molar-refractivity contribution is -0.122. The number of nitrogens with one attached hydrogen (secondary N) is 1. The monoisotopic (exact) mass is 476 g/mol. The van der Waals surface area contributed by atoms with Crippen molar-refractivity contribution in [1.82, 2.24) is 4.90 Å². The third-order valence-corrected chi connectivity index (χ3v) is 5.69. The van der Waals surface area contributed by atoms with E-state index in [0.717, 1.165) is 41.9 Å². The average molecular weight is 477 g/mol. The van der Waals surface area contributed by atoms with E-state index >= 15 is 0 Å². The highest BCUT2D eigenvalue weighted by Gasteiger charge is 2.44. The van der Waals surface area contributed by atoms with Crippen LogP contribution in [-0.2, 0) is 4.79 Å². The molecule has 1 spiro atoms. The SMILES string of the molecule is CC(=O)Nc1ccc(OCC(O)CN2CCC3(CC2)Oc2ccc(Br)cc2O3)cc1. The summed E-state index contributed by atoms with van der Waals surface area (Å²) >= 11 is 3.46. The van der Waals surface area contributed by atoms with E-state index in [1.54, 1.807) is 24.3 Å². The van der Waals surface area contributed by atoms with Crippen LogP contribution < -0.4 is 19.5 Å². The number of hydrogen-bond acceptors (Lipinski definition) is 6. The van der Waals surface area contributed by atoms with Gasteiger partial charge < -0.3 is 29.5 Å². The molecule has 0 aliphatic carbocycles. The Morgan fingerprint density at radius 2 is 1.90 bits per heavy atom. The van der Waals surface area contributed by atoms with Gasteiger partial charge in [-0.25, -0.2) is 0 Å². The van der Waals surface area contributed by atoms with Crippen LogP contribution in [0.2, 0.25) is 0 Å². The number of hydrogen-bond donors (Lipinski definition) is 2. The molecule has 2 N–H and O–H groups in total. The first kappa shape index (κ1) is 21.0. The Balaban J connectivity index is 1.21. The van der Waals surface area contributed by atoms with Crippen LogP contribution in [0.15, 0.2) is 46.9 Å². The second kappa shape index (κ2) is 8.83. The Morgan fingerprint density at radius 1 is 1.20 bits per heavy atom. The number of β-amino-alcohol motifs (C(OH)–C–C–N with tert-alkyl or cyclic N) is 1. The quantitative estimate of drug-likeness (QED) is 0.664. The predicted octanol–water partition coefficient (Wildman–Crippen LogP) is 3.41. The molecule has 2 aliphatic heterocycles. The second-order valence-corrected chi connectivity index (χ2v) is 8.59. The number of anilines is 1. The summed E-state index contributed by atoms with van der Waals surface area (Å²) in [5.74, 6) is 1.49. The lowest BCUT2D eigenvalue weighted by Crippen LogP contribution is -2.51. The van der Waals surface area contributed by atoms with Crippen LogP contribution >= 0.6 is 15.9 Å². The Labute approximate surface area is 184 Å². The molecular formula is C22H25BrN2O5. The average Bonchev–Trinajstić information content (AvgIpc) is 3.06. The highest BCUT2D eigenvalue weighted by atomic mass is 79.9. The topological polar surface area (TPSA) is 80.3 Å². The summed E-state index contributed by atoms with van der Waals surface area (Å²) in [7, 11) is 0. The summed E-state index contributed by atoms with van der Waals surface area (Å²) in [5.41, 5.74) is 0.712. The van der Waals surface area contributed by atoms with Gasteiger partial charge in [-0.3, -0.25) is 4.79 Å². The minimum atomic E-state index is -0.604. The summed E-state index contributed by atoms with van der Waals surface area (Å²) in [6, 6.07) is 12.9. The van der Waals surface area contributed by atoms with Crippen LogP contribution in [0.4, 0.5) is 5.69 Å². The molecule has 2 aromatic carbocycles. The normalized spacial score (nSPS) is 18.2. The summed E-state index contributed by atoms with van der Waals surface area (Å²) in [5, 5.41) is 13.1. The van der Waals surface area contributed by atoms with Crippen molar-refractivity contribution in [1.29, 1.82) is 0 Å². The number of likely N-dealkylation sites (tertiary alicyclic amines) is 1. The maximum absolute atomic E-state index is 11.1.